The summed E-state index contributed by atoms with van der Waals surface area (Å²) < 4.78 is 34.9. The van der Waals surface area contributed by atoms with Gasteiger partial charge >= 0.3 is 0 Å². The van der Waals surface area contributed by atoms with Gasteiger partial charge in [0.2, 0.25) is 10.0 Å². The van der Waals surface area contributed by atoms with Gasteiger partial charge in [0.25, 0.3) is 5.91 Å². The fourth-order valence-electron chi connectivity index (χ4n) is 3.40. The lowest BCUT2D eigenvalue weighted by Gasteiger charge is -2.13. The first-order valence-corrected chi connectivity index (χ1v) is 11.9. The molecule has 0 saturated heterocycles. The molecule has 1 aromatic heterocycles. The Labute approximate surface area is 187 Å². The largest absolute Gasteiger partial charge is 0.495 e. The molecular weight excluding hydrogens is 428 g/mol. The average Bonchev–Trinajstić information content (AvgIpc) is 3.50. The van der Waals surface area contributed by atoms with E-state index in [-0.39, 0.29) is 16.8 Å². The summed E-state index contributed by atoms with van der Waals surface area (Å²) in [6.07, 6.45) is 1.68. The number of amides is 1. The van der Waals surface area contributed by atoms with Crippen LogP contribution in [-0.4, -0.2) is 37.3 Å². The molecular formula is C23H26N4O4S. The monoisotopic (exact) mass is 454 g/mol. The number of hydrogen-bond donors (Lipinski definition) is 2. The number of anilines is 1. The van der Waals surface area contributed by atoms with Gasteiger partial charge < -0.3 is 10.1 Å². The molecule has 0 bridgehead atoms. The molecule has 0 spiro atoms. The van der Waals surface area contributed by atoms with E-state index >= 15 is 0 Å². The fourth-order valence-corrected chi connectivity index (χ4v) is 4.74. The Bertz CT molecular complexity index is 1250. The number of ether oxygens (including phenoxy) is 1. The molecule has 2 aromatic carbocycles. The van der Waals surface area contributed by atoms with Crippen LogP contribution in [0, 0.1) is 13.8 Å². The summed E-state index contributed by atoms with van der Waals surface area (Å²) in [5.41, 5.74) is 3.80. The average molecular weight is 455 g/mol. The standard InChI is InChI=1S/C23H26N4O4S/c1-15-12-16(2)27(25-15)14-17-4-6-18(7-5-17)23(28)24-21-13-20(10-11-22(21)31-3)32(29,30)26-19-8-9-19/h4-7,10-13,19,26H,8-9,14H2,1-3H3,(H,24,28). The van der Waals surface area contributed by atoms with Crippen LogP contribution in [0.3, 0.4) is 0 Å². The predicted molar refractivity (Wildman–Crippen MR) is 122 cm³/mol. The zero-order valence-corrected chi connectivity index (χ0v) is 19.1. The molecule has 9 heteroatoms. The number of sulfonamides is 1. The third-order valence-electron chi connectivity index (χ3n) is 5.28. The van der Waals surface area contributed by atoms with E-state index in [2.05, 4.69) is 15.1 Å². The molecule has 1 saturated carbocycles. The van der Waals surface area contributed by atoms with Crippen molar-refractivity contribution in [2.75, 3.05) is 12.4 Å². The van der Waals surface area contributed by atoms with Crippen LogP contribution in [0.25, 0.3) is 0 Å². The number of hydrogen-bond acceptors (Lipinski definition) is 5. The maximum atomic E-state index is 12.8. The first kappa shape index (κ1) is 22.0. The molecule has 0 atom stereocenters. The second-order valence-electron chi connectivity index (χ2n) is 7.99. The van der Waals surface area contributed by atoms with Gasteiger partial charge in [-0.25, -0.2) is 13.1 Å². The Kier molecular flexibility index (Phi) is 6.03. The molecule has 8 nitrogen and oxygen atoms in total. The number of aryl methyl sites for hydroxylation is 2. The van der Waals surface area contributed by atoms with Gasteiger partial charge in [-0.05, 0) is 68.7 Å². The maximum absolute atomic E-state index is 12.8. The summed E-state index contributed by atoms with van der Waals surface area (Å²) in [4.78, 5) is 12.9. The van der Waals surface area contributed by atoms with Gasteiger partial charge in [0.1, 0.15) is 5.75 Å². The Morgan fingerprint density at radius 1 is 1.12 bits per heavy atom. The van der Waals surface area contributed by atoms with Crippen molar-refractivity contribution in [1.82, 2.24) is 14.5 Å². The topological polar surface area (TPSA) is 102 Å². The zero-order valence-electron chi connectivity index (χ0n) is 18.3. The van der Waals surface area contributed by atoms with E-state index < -0.39 is 10.0 Å². The van der Waals surface area contributed by atoms with E-state index in [0.717, 1.165) is 29.8 Å². The van der Waals surface area contributed by atoms with Crippen LogP contribution in [0.15, 0.2) is 53.4 Å². The van der Waals surface area contributed by atoms with E-state index in [1.54, 1.807) is 12.1 Å². The van der Waals surface area contributed by atoms with Gasteiger partial charge in [-0.1, -0.05) is 12.1 Å². The van der Waals surface area contributed by atoms with Gasteiger partial charge in [0.15, 0.2) is 0 Å². The van der Waals surface area contributed by atoms with E-state index in [9.17, 15) is 13.2 Å². The second kappa shape index (κ2) is 8.76. The quantitative estimate of drug-likeness (QED) is 0.544. The van der Waals surface area contributed by atoms with Crippen LogP contribution < -0.4 is 14.8 Å². The minimum atomic E-state index is -3.65. The van der Waals surface area contributed by atoms with Crippen molar-refractivity contribution in [2.45, 2.75) is 44.2 Å². The highest BCUT2D eigenvalue weighted by atomic mass is 32.2. The number of aromatic nitrogens is 2. The molecule has 1 heterocycles. The van der Waals surface area contributed by atoms with E-state index in [1.807, 2.05) is 36.7 Å². The van der Waals surface area contributed by atoms with Gasteiger partial charge in [0, 0.05) is 17.3 Å². The van der Waals surface area contributed by atoms with Crippen molar-refractivity contribution in [3.8, 4) is 5.75 Å². The maximum Gasteiger partial charge on any atom is 0.255 e. The molecule has 32 heavy (non-hydrogen) atoms. The van der Waals surface area contributed by atoms with Gasteiger partial charge in [0.05, 0.1) is 29.9 Å². The molecule has 0 aliphatic heterocycles. The Balaban J connectivity index is 1.50. The molecule has 0 unspecified atom stereocenters. The molecule has 3 aromatic rings. The minimum absolute atomic E-state index is 0.00639. The van der Waals surface area contributed by atoms with Crippen molar-refractivity contribution >= 4 is 21.6 Å². The van der Waals surface area contributed by atoms with Gasteiger partial charge in [-0.2, -0.15) is 5.10 Å². The summed E-state index contributed by atoms with van der Waals surface area (Å²) in [5.74, 6) is 0.0236. The first-order valence-electron chi connectivity index (χ1n) is 10.4. The lowest BCUT2D eigenvalue weighted by Crippen LogP contribution is -2.25. The number of methoxy groups -OCH3 is 1. The summed E-state index contributed by atoms with van der Waals surface area (Å²) in [7, 11) is -2.18. The molecule has 2 N–H and O–H groups in total. The van der Waals surface area contributed by atoms with Crippen molar-refractivity contribution in [2.24, 2.45) is 0 Å². The number of nitrogens with one attached hydrogen (secondary N) is 2. The lowest BCUT2D eigenvalue weighted by molar-refractivity contribution is 0.102. The Morgan fingerprint density at radius 3 is 2.44 bits per heavy atom. The Hall–Kier alpha value is -3.17. The molecule has 1 fully saturated rings. The number of nitrogens with zero attached hydrogens (tertiary/aromatic N) is 2. The van der Waals surface area contributed by atoms with Crippen LogP contribution in [0.4, 0.5) is 5.69 Å². The normalized spacial score (nSPS) is 13.7. The van der Waals surface area contributed by atoms with Crippen molar-refractivity contribution in [1.29, 1.82) is 0 Å². The van der Waals surface area contributed by atoms with E-state index in [4.69, 9.17) is 4.74 Å². The summed E-state index contributed by atoms with van der Waals surface area (Å²) in [5, 5.41) is 7.22. The SMILES string of the molecule is COc1ccc(S(=O)(=O)NC2CC2)cc1NC(=O)c1ccc(Cn2nc(C)cc2C)cc1. The smallest absolute Gasteiger partial charge is 0.255 e. The van der Waals surface area contributed by atoms with Crippen molar-refractivity contribution < 1.29 is 17.9 Å². The van der Waals surface area contributed by atoms with Crippen LogP contribution in [0.2, 0.25) is 0 Å². The third kappa shape index (κ3) is 5.00. The predicted octanol–water partition coefficient (Wildman–Crippen LogP) is 3.25. The number of carbonyl (C=O) groups is 1. The Morgan fingerprint density at radius 2 is 1.84 bits per heavy atom. The molecule has 0 radical (unpaired) electrons. The molecule has 168 valence electrons. The third-order valence-corrected chi connectivity index (χ3v) is 6.80. The number of benzene rings is 2. The second-order valence-corrected chi connectivity index (χ2v) is 9.71. The number of rotatable bonds is 8. The van der Waals surface area contributed by atoms with Gasteiger partial charge in [-0.3, -0.25) is 9.48 Å². The molecule has 1 amide bonds. The lowest BCUT2D eigenvalue weighted by atomic mass is 10.1. The van der Waals surface area contributed by atoms with Gasteiger partial charge in [-0.15, -0.1) is 0 Å². The summed E-state index contributed by atoms with van der Waals surface area (Å²) in [6, 6.07) is 13.7. The highest BCUT2D eigenvalue weighted by molar-refractivity contribution is 7.89. The van der Waals surface area contributed by atoms with E-state index in [1.165, 1.54) is 25.3 Å². The zero-order chi connectivity index (χ0) is 22.9. The van der Waals surface area contributed by atoms with Crippen molar-refractivity contribution in [3.63, 3.8) is 0 Å². The minimum Gasteiger partial charge on any atom is -0.495 e. The van der Waals surface area contributed by atoms with Crippen molar-refractivity contribution in [3.05, 3.63) is 71.0 Å². The van der Waals surface area contributed by atoms with Crippen LogP contribution in [0.5, 0.6) is 5.75 Å². The number of carbonyl (C=O) groups excluding carboxylic acids is 1. The highest BCUT2D eigenvalue weighted by Crippen LogP contribution is 2.29. The summed E-state index contributed by atoms with van der Waals surface area (Å²) >= 11 is 0. The summed E-state index contributed by atoms with van der Waals surface area (Å²) in [6.45, 7) is 4.57. The van der Waals surface area contributed by atoms with E-state index in [0.29, 0.717) is 23.5 Å². The van der Waals surface area contributed by atoms with Crippen LogP contribution >= 0.6 is 0 Å². The van der Waals surface area contributed by atoms with Crippen LogP contribution in [0.1, 0.15) is 40.2 Å². The first-order chi connectivity index (χ1) is 15.2. The molecule has 1 aliphatic carbocycles. The molecule has 4 rings (SSSR count). The highest BCUT2D eigenvalue weighted by Gasteiger charge is 2.28. The fraction of sp³-hybridized carbons (Fsp3) is 0.304. The van der Waals surface area contributed by atoms with Crippen LogP contribution in [-0.2, 0) is 16.6 Å². The molecule has 1 aliphatic rings.